The molecule has 1 aliphatic heterocycles. The van der Waals surface area contributed by atoms with Crippen LogP contribution in [0.15, 0.2) is 24.3 Å². The van der Waals surface area contributed by atoms with E-state index in [1.54, 1.807) is 9.80 Å². The number of nitrogens with zero attached hydrogens (tertiary/aromatic N) is 6. The number of carbonyl (C=O) groups is 1. The van der Waals surface area contributed by atoms with E-state index in [1.807, 2.05) is 21.0 Å². The number of carbonyl (C=O) groups excluding carboxylic acids is 1. The summed E-state index contributed by atoms with van der Waals surface area (Å²) in [6.45, 7) is 4.57. The molecule has 2 aromatic rings. The van der Waals surface area contributed by atoms with E-state index in [2.05, 4.69) is 19.9 Å². The van der Waals surface area contributed by atoms with Crippen molar-refractivity contribution in [2.75, 3.05) is 50.9 Å². The zero-order valence-corrected chi connectivity index (χ0v) is 15.8. The molecule has 144 valence electrons. The lowest BCUT2D eigenvalue weighted by atomic mass is 10.1. The molecule has 9 heteroatoms. The van der Waals surface area contributed by atoms with Crippen LogP contribution in [0, 0.1) is 5.82 Å². The minimum Gasteiger partial charge on any atom is -0.368 e. The average Bonchev–Trinajstić information content (AvgIpc) is 2.67. The first-order valence-electron chi connectivity index (χ1n) is 8.83. The van der Waals surface area contributed by atoms with Gasteiger partial charge in [0.25, 0.3) is 5.91 Å². The Morgan fingerprint density at radius 1 is 1.11 bits per heavy atom. The lowest BCUT2D eigenvalue weighted by Crippen LogP contribution is -2.49. The van der Waals surface area contributed by atoms with E-state index in [-0.39, 0.29) is 23.7 Å². The van der Waals surface area contributed by atoms with E-state index in [1.165, 1.54) is 24.3 Å². The van der Waals surface area contributed by atoms with Gasteiger partial charge in [-0.05, 0) is 31.2 Å². The summed E-state index contributed by atoms with van der Waals surface area (Å²) in [5.74, 6) is 0.903. The van der Waals surface area contributed by atoms with Gasteiger partial charge in [-0.25, -0.2) is 4.39 Å². The first-order valence-corrected chi connectivity index (χ1v) is 8.83. The summed E-state index contributed by atoms with van der Waals surface area (Å²) >= 11 is 0. The highest BCUT2D eigenvalue weighted by atomic mass is 19.1. The fourth-order valence-corrected chi connectivity index (χ4v) is 3.03. The lowest BCUT2D eigenvalue weighted by molar-refractivity contribution is 0.0575. The number of rotatable bonds is 4. The Hall–Kier alpha value is -2.81. The third-order valence-electron chi connectivity index (χ3n) is 4.67. The number of halogens is 1. The lowest BCUT2D eigenvalue weighted by Gasteiger charge is -2.37. The zero-order valence-electron chi connectivity index (χ0n) is 15.8. The molecule has 1 aliphatic rings. The van der Waals surface area contributed by atoms with Crippen molar-refractivity contribution in [3.8, 4) is 0 Å². The second-order valence-corrected chi connectivity index (χ2v) is 6.76. The van der Waals surface area contributed by atoms with Crippen LogP contribution in [0.25, 0.3) is 0 Å². The first kappa shape index (κ1) is 19.0. The van der Waals surface area contributed by atoms with Gasteiger partial charge in [0.15, 0.2) is 5.82 Å². The standard InChI is InChI=1S/C18H24FN7O/c1-12(15-21-17(20)23-18(22-15)24(2)3)25-8-10-26(11-9-25)16(27)13-4-6-14(19)7-5-13/h4-7,12H,8-11H2,1-3H3,(H2,20,21,22,23). The van der Waals surface area contributed by atoms with E-state index in [4.69, 9.17) is 5.73 Å². The predicted molar refractivity (Wildman–Crippen MR) is 101 cm³/mol. The smallest absolute Gasteiger partial charge is 0.253 e. The Morgan fingerprint density at radius 2 is 1.74 bits per heavy atom. The van der Waals surface area contributed by atoms with Gasteiger partial charge in [-0.2, -0.15) is 15.0 Å². The van der Waals surface area contributed by atoms with Crippen LogP contribution in [-0.2, 0) is 0 Å². The maximum Gasteiger partial charge on any atom is 0.253 e. The van der Waals surface area contributed by atoms with Crippen LogP contribution < -0.4 is 10.6 Å². The first-order chi connectivity index (χ1) is 12.8. The van der Waals surface area contributed by atoms with E-state index >= 15 is 0 Å². The van der Waals surface area contributed by atoms with Gasteiger partial charge in [0.05, 0.1) is 6.04 Å². The highest BCUT2D eigenvalue weighted by Crippen LogP contribution is 2.21. The van der Waals surface area contributed by atoms with Crippen LogP contribution in [0.2, 0.25) is 0 Å². The van der Waals surface area contributed by atoms with Crippen LogP contribution in [0.1, 0.15) is 29.1 Å². The number of nitrogens with two attached hydrogens (primary N) is 1. The normalized spacial score (nSPS) is 16.2. The molecule has 2 N–H and O–H groups in total. The Kier molecular flexibility index (Phi) is 5.50. The predicted octanol–water partition coefficient (Wildman–Crippen LogP) is 1.18. The molecule has 1 fully saturated rings. The van der Waals surface area contributed by atoms with Gasteiger partial charge >= 0.3 is 0 Å². The molecule has 1 aromatic carbocycles. The van der Waals surface area contributed by atoms with Gasteiger partial charge < -0.3 is 15.5 Å². The van der Waals surface area contributed by atoms with E-state index in [9.17, 15) is 9.18 Å². The van der Waals surface area contributed by atoms with Crippen molar-refractivity contribution in [1.82, 2.24) is 24.8 Å². The summed E-state index contributed by atoms with van der Waals surface area (Å²) < 4.78 is 13.0. The molecule has 0 spiro atoms. The molecule has 1 amide bonds. The van der Waals surface area contributed by atoms with Crippen LogP contribution in [-0.4, -0.2) is 70.9 Å². The largest absolute Gasteiger partial charge is 0.368 e. The van der Waals surface area contributed by atoms with E-state index in [0.717, 1.165) is 0 Å². The zero-order chi connectivity index (χ0) is 19.6. The van der Waals surface area contributed by atoms with E-state index < -0.39 is 0 Å². The second kappa shape index (κ2) is 7.83. The maximum absolute atomic E-state index is 13.0. The maximum atomic E-state index is 13.0. The van der Waals surface area contributed by atoms with Crippen molar-refractivity contribution in [3.63, 3.8) is 0 Å². The van der Waals surface area contributed by atoms with Crippen LogP contribution in [0.4, 0.5) is 16.3 Å². The number of anilines is 2. The molecule has 8 nitrogen and oxygen atoms in total. The third-order valence-corrected chi connectivity index (χ3v) is 4.67. The number of benzene rings is 1. The summed E-state index contributed by atoms with van der Waals surface area (Å²) in [6.07, 6.45) is 0. The van der Waals surface area contributed by atoms with Gasteiger partial charge in [0.1, 0.15) is 5.82 Å². The Bertz CT molecular complexity index is 804. The van der Waals surface area contributed by atoms with Gasteiger partial charge in [0.2, 0.25) is 11.9 Å². The number of nitrogen functional groups attached to an aromatic ring is 1. The summed E-state index contributed by atoms with van der Waals surface area (Å²) in [5.41, 5.74) is 6.31. The van der Waals surface area contributed by atoms with Gasteiger partial charge in [0, 0.05) is 45.8 Å². The highest BCUT2D eigenvalue weighted by molar-refractivity contribution is 5.94. The molecular weight excluding hydrogens is 349 g/mol. The fraction of sp³-hybridized carbons (Fsp3) is 0.444. The van der Waals surface area contributed by atoms with Crippen molar-refractivity contribution in [1.29, 1.82) is 0 Å². The van der Waals surface area contributed by atoms with Crippen molar-refractivity contribution in [3.05, 3.63) is 41.5 Å². The number of piperazine rings is 1. The molecule has 1 unspecified atom stereocenters. The van der Waals surface area contributed by atoms with Crippen molar-refractivity contribution in [2.24, 2.45) is 0 Å². The molecule has 2 heterocycles. The van der Waals surface area contributed by atoms with Gasteiger partial charge in [-0.3, -0.25) is 9.69 Å². The summed E-state index contributed by atoms with van der Waals surface area (Å²) in [6, 6.07) is 5.60. The second-order valence-electron chi connectivity index (χ2n) is 6.76. The highest BCUT2D eigenvalue weighted by Gasteiger charge is 2.27. The van der Waals surface area contributed by atoms with Crippen molar-refractivity contribution < 1.29 is 9.18 Å². The van der Waals surface area contributed by atoms with Crippen LogP contribution in [0.3, 0.4) is 0 Å². The molecule has 3 rings (SSSR count). The number of amides is 1. The minimum absolute atomic E-state index is 0.0444. The number of hydrogen-bond donors (Lipinski definition) is 1. The summed E-state index contributed by atoms with van der Waals surface area (Å²) in [5, 5.41) is 0. The Labute approximate surface area is 157 Å². The molecule has 0 saturated carbocycles. The fourth-order valence-electron chi connectivity index (χ4n) is 3.03. The molecular formula is C18H24FN7O. The van der Waals surface area contributed by atoms with Crippen molar-refractivity contribution in [2.45, 2.75) is 13.0 Å². The number of aromatic nitrogens is 3. The van der Waals surface area contributed by atoms with Crippen LogP contribution >= 0.6 is 0 Å². The van der Waals surface area contributed by atoms with E-state index in [0.29, 0.717) is 43.5 Å². The minimum atomic E-state index is -0.348. The van der Waals surface area contributed by atoms with Gasteiger partial charge in [-0.1, -0.05) is 0 Å². The Balaban J connectivity index is 1.65. The summed E-state index contributed by atoms with van der Waals surface area (Å²) in [7, 11) is 3.70. The molecule has 1 atom stereocenters. The molecule has 0 radical (unpaired) electrons. The number of hydrogen-bond acceptors (Lipinski definition) is 7. The van der Waals surface area contributed by atoms with Crippen LogP contribution in [0.5, 0.6) is 0 Å². The molecule has 1 aromatic heterocycles. The summed E-state index contributed by atoms with van der Waals surface area (Å²) in [4.78, 5) is 31.2. The topological polar surface area (TPSA) is 91.5 Å². The SMILES string of the molecule is CC(c1nc(N)nc(N(C)C)n1)N1CCN(C(=O)c2ccc(F)cc2)CC1. The Morgan fingerprint density at radius 3 is 2.33 bits per heavy atom. The third kappa shape index (κ3) is 4.30. The molecule has 1 saturated heterocycles. The van der Waals surface area contributed by atoms with Crippen molar-refractivity contribution >= 4 is 17.8 Å². The molecule has 0 bridgehead atoms. The molecule has 0 aliphatic carbocycles. The van der Waals surface area contributed by atoms with Gasteiger partial charge in [-0.15, -0.1) is 0 Å². The monoisotopic (exact) mass is 373 g/mol. The quantitative estimate of drug-likeness (QED) is 0.860. The average molecular weight is 373 g/mol. The molecule has 27 heavy (non-hydrogen) atoms.